The van der Waals surface area contributed by atoms with E-state index in [-0.39, 0.29) is 0 Å². The van der Waals surface area contributed by atoms with Crippen LogP contribution >= 0.6 is 23.5 Å². The predicted molar refractivity (Wildman–Crippen MR) is 72.7 cm³/mol. The van der Waals surface area contributed by atoms with Gasteiger partial charge < -0.3 is 4.57 Å². The molecule has 0 fully saturated rings. The van der Waals surface area contributed by atoms with Crippen LogP contribution in [0.15, 0.2) is 30.3 Å². The van der Waals surface area contributed by atoms with E-state index >= 15 is 0 Å². The van der Waals surface area contributed by atoms with Crippen LogP contribution in [-0.2, 0) is 7.05 Å². The molecule has 0 saturated heterocycles. The Balaban J connectivity index is 2.57. The predicted octanol–water partition coefficient (Wildman–Crippen LogP) is 3.90. The number of nitrogens with zero attached hydrogens (tertiary/aromatic N) is 1. The average molecular weight is 237 g/mol. The topological polar surface area (TPSA) is 4.93 Å². The fourth-order valence-electron chi connectivity index (χ4n) is 1.87. The summed E-state index contributed by atoms with van der Waals surface area (Å²) in [4.78, 5) is 0. The van der Waals surface area contributed by atoms with Crippen molar-refractivity contribution in [1.29, 1.82) is 0 Å². The van der Waals surface area contributed by atoms with E-state index in [1.807, 2.05) is 23.5 Å². The van der Waals surface area contributed by atoms with Gasteiger partial charge in [-0.25, -0.2) is 0 Å². The van der Waals surface area contributed by atoms with Gasteiger partial charge in [-0.2, -0.15) is 0 Å². The van der Waals surface area contributed by atoms with E-state index in [1.165, 1.54) is 16.6 Å². The minimum absolute atomic E-state index is 0.530. The van der Waals surface area contributed by atoms with Gasteiger partial charge in [0.15, 0.2) is 0 Å². The SMILES string of the molecule is CSC(SC)c1cc2ccccc2n1C. The monoisotopic (exact) mass is 237 g/mol. The molecule has 0 aliphatic heterocycles. The molecule has 1 aromatic carbocycles. The Hall–Kier alpha value is -0.540. The Morgan fingerprint density at radius 1 is 1.13 bits per heavy atom. The zero-order valence-electron chi connectivity index (χ0n) is 9.23. The highest BCUT2D eigenvalue weighted by Crippen LogP contribution is 2.38. The molecule has 0 radical (unpaired) electrons. The smallest absolute Gasteiger partial charge is 0.0896 e. The zero-order chi connectivity index (χ0) is 10.8. The number of fused-ring (bicyclic) bond motifs is 1. The highest BCUT2D eigenvalue weighted by atomic mass is 32.2. The second-order valence-corrected chi connectivity index (χ2v) is 5.67. The lowest BCUT2D eigenvalue weighted by Gasteiger charge is -2.12. The van der Waals surface area contributed by atoms with Gasteiger partial charge in [-0.3, -0.25) is 0 Å². The van der Waals surface area contributed by atoms with E-state index in [0.717, 1.165) is 0 Å². The summed E-state index contributed by atoms with van der Waals surface area (Å²) in [7, 11) is 2.15. The summed E-state index contributed by atoms with van der Waals surface area (Å²) in [6.07, 6.45) is 4.33. The minimum Gasteiger partial charge on any atom is -0.346 e. The molecule has 0 atom stereocenters. The molecule has 1 aromatic heterocycles. The Bertz CT molecular complexity index is 458. The van der Waals surface area contributed by atoms with Crippen LogP contribution in [0, 0.1) is 0 Å². The van der Waals surface area contributed by atoms with Gasteiger partial charge in [0.25, 0.3) is 0 Å². The quantitative estimate of drug-likeness (QED) is 0.746. The number of hydrogen-bond acceptors (Lipinski definition) is 2. The first-order valence-corrected chi connectivity index (χ1v) is 7.45. The van der Waals surface area contributed by atoms with E-state index < -0.39 is 0 Å². The van der Waals surface area contributed by atoms with Crippen molar-refractivity contribution in [2.75, 3.05) is 12.5 Å². The molecule has 1 heterocycles. The third-order valence-corrected chi connectivity index (χ3v) is 5.15. The first kappa shape index (κ1) is 11.0. The summed E-state index contributed by atoms with van der Waals surface area (Å²) in [6.45, 7) is 0. The van der Waals surface area contributed by atoms with Crippen molar-refractivity contribution in [2.24, 2.45) is 7.05 Å². The third kappa shape index (κ3) is 1.91. The second kappa shape index (κ2) is 4.54. The first-order chi connectivity index (χ1) is 7.27. The average Bonchev–Trinajstić information content (AvgIpc) is 2.60. The van der Waals surface area contributed by atoms with Crippen molar-refractivity contribution >= 4 is 34.4 Å². The molecule has 0 unspecified atom stereocenters. The highest BCUT2D eigenvalue weighted by molar-refractivity contribution is 8.15. The van der Waals surface area contributed by atoms with Crippen molar-refractivity contribution < 1.29 is 0 Å². The van der Waals surface area contributed by atoms with Crippen LogP contribution in [0.4, 0.5) is 0 Å². The molecule has 2 rings (SSSR count). The van der Waals surface area contributed by atoms with E-state index in [9.17, 15) is 0 Å². The highest BCUT2D eigenvalue weighted by Gasteiger charge is 2.13. The van der Waals surface area contributed by atoms with Gasteiger partial charge in [0.1, 0.15) is 0 Å². The lowest BCUT2D eigenvalue weighted by molar-refractivity contribution is 0.905. The Kier molecular flexibility index (Phi) is 3.32. The Morgan fingerprint density at radius 2 is 1.80 bits per heavy atom. The molecule has 0 spiro atoms. The van der Waals surface area contributed by atoms with Crippen LogP contribution in [-0.4, -0.2) is 17.1 Å². The molecule has 0 aliphatic carbocycles. The number of hydrogen-bond donors (Lipinski definition) is 0. The number of aryl methyl sites for hydroxylation is 1. The summed E-state index contributed by atoms with van der Waals surface area (Å²) in [5, 5.41) is 1.34. The van der Waals surface area contributed by atoms with Crippen LogP contribution in [0.25, 0.3) is 10.9 Å². The standard InChI is InChI=1S/C12H15NS2/c1-13-10-7-5-4-6-9(10)8-11(13)12(14-2)15-3/h4-8,12H,1-3H3. The third-order valence-electron chi connectivity index (χ3n) is 2.66. The van der Waals surface area contributed by atoms with Crippen LogP contribution in [0.1, 0.15) is 10.3 Å². The van der Waals surface area contributed by atoms with Gasteiger partial charge in [0.05, 0.1) is 4.58 Å². The number of benzene rings is 1. The summed E-state index contributed by atoms with van der Waals surface area (Å²) >= 11 is 3.79. The molecule has 0 aliphatic rings. The van der Waals surface area contributed by atoms with Gasteiger partial charge in [0, 0.05) is 18.3 Å². The molecule has 2 aromatic rings. The lowest BCUT2D eigenvalue weighted by atomic mass is 10.2. The summed E-state index contributed by atoms with van der Waals surface area (Å²) in [5.74, 6) is 0. The summed E-state index contributed by atoms with van der Waals surface area (Å²) < 4.78 is 2.83. The normalized spacial score (nSPS) is 11.5. The van der Waals surface area contributed by atoms with Crippen LogP contribution in [0.2, 0.25) is 0 Å². The molecular weight excluding hydrogens is 222 g/mol. The van der Waals surface area contributed by atoms with Crippen molar-refractivity contribution in [3.63, 3.8) is 0 Å². The fraction of sp³-hybridized carbons (Fsp3) is 0.333. The largest absolute Gasteiger partial charge is 0.346 e. The maximum Gasteiger partial charge on any atom is 0.0896 e. The van der Waals surface area contributed by atoms with E-state index in [0.29, 0.717) is 4.58 Å². The molecule has 3 heteroatoms. The Morgan fingerprint density at radius 3 is 2.40 bits per heavy atom. The number of aromatic nitrogens is 1. The van der Waals surface area contributed by atoms with Crippen LogP contribution in [0.5, 0.6) is 0 Å². The molecule has 0 bridgehead atoms. The van der Waals surface area contributed by atoms with Crippen LogP contribution in [0.3, 0.4) is 0 Å². The number of thioether (sulfide) groups is 2. The summed E-state index contributed by atoms with van der Waals surface area (Å²) in [5.41, 5.74) is 2.72. The number of para-hydroxylation sites is 1. The van der Waals surface area contributed by atoms with Crippen LogP contribution < -0.4 is 0 Å². The molecule has 80 valence electrons. The minimum atomic E-state index is 0.530. The van der Waals surface area contributed by atoms with Crippen molar-refractivity contribution in [3.8, 4) is 0 Å². The van der Waals surface area contributed by atoms with Gasteiger partial charge >= 0.3 is 0 Å². The van der Waals surface area contributed by atoms with E-state index in [1.54, 1.807) is 0 Å². The van der Waals surface area contributed by atoms with Gasteiger partial charge in [0.2, 0.25) is 0 Å². The van der Waals surface area contributed by atoms with Crippen molar-refractivity contribution in [1.82, 2.24) is 4.57 Å². The van der Waals surface area contributed by atoms with E-state index in [4.69, 9.17) is 0 Å². The maximum atomic E-state index is 2.30. The number of rotatable bonds is 3. The maximum absolute atomic E-state index is 2.30. The Labute approximate surface area is 99.2 Å². The lowest BCUT2D eigenvalue weighted by Crippen LogP contribution is -1.97. The molecule has 0 saturated carbocycles. The van der Waals surface area contributed by atoms with E-state index in [2.05, 4.69) is 54.5 Å². The molecule has 0 N–H and O–H groups in total. The molecule has 1 nitrogen and oxygen atoms in total. The van der Waals surface area contributed by atoms with Crippen molar-refractivity contribution in [3.05, 3.63) is 36.0 Å². The van der Waals surface area contributed by atoms with Crippen molar-refractivity contribution in [2.45, 2.75) is 4.58 Å². The molecular formula is C12H15NS2. The first-order valence-electron chi connectivity index (χ1n) is 4.88. The zero-order valence-corrected chi connectivity index (χ0v) is 10.9. The summed E-state index contributed by atoms with van der Waals surface area (Å²) in [6, 6.07) is 10.8. The molecule has 15 heavy (non-hydrogen) atoms. The van der Waals surface area contributed by atoms with Gasteiger partial charge in [-0.15, -0.1) is 23.5 Å². The second-order valence-electron chi connectivity index (χ2n) is 3.49. The van der Waals surface area contributed by atoms with Gasteiger partial charge in [-0.05, 0) is 30.0 Å². The fourth-order valence-corrected chi connectivity index (χ4v) is 3.58. The molecule has 0 amide bonds. The van der Waals surface area contributed by atoms with Gasteiger partial charge in [-0.1, -0.05) is 18.2 Å².